The van der Waals surface area contributed by atoms with E-state index >= 15 is 0 Å². The van der Waals surface area contributed by atoms with Gasteiger partial charge in [-0.25, -0.2) is 4.68 Å². The zero-order valence-electron chi connectivity index (χ0n) is 20.6. The number of H-pyrrole nitrogens is 1. The van der Waals surface area contributed by atoms with E-state index in [0.717, 1.165) is 23.8 Å². The van der Waals surface area contributed by atoms with Gasteiger partial charge in [0.15, 0.2) is 11.4 Å². The lowest BCUT2D eigenvalue weighted by atomic mass is 9.94. The molecule has 4 aromatic heterocycles. The molecular weight excluding hydrogens is 550 g/mol. The molecule has 0 aliphatic carbocycles. The van der Waals surface area contributed by atoms with E-state index < -0.39 is 35.3 Å². The maximum atomic E-state index is 13.6. The number of ether oxygens (including phenoxy) is 1. The highest BCUT2D eigenvalue weighted by Gasteiger charge is 2.49. The maximum Gasteiger partial charge on any atom is 0.321 e. The van der Waals surface area contributed by atoms with E-state index in [1.54, 1.807) is 12.1 Å². The standard InChI is InChI=1S/C24H20F2N8O5S/c1-24(18(36)20-28-13-4-3-12-17(40-31-19(12)27)16(13)21(37)29-20)22(38)32(8-9-39-24)14-6-7-34(30-14)11-2-5-15(35)33(10-11)23(25)26/h2-7,10,18,23,36H,8-9H2,1H3,(H2,27,31)(H,28,29,37)/t18?,24-/m1/s1. The second-order valence-corrected chi connectivity index (χ2v) is 9.98. The van der Waals surface area contributed by atoms with Gasteiger partial charge in [0.25, 0.3) is 17.0 Å². The average molecular weight is 571 g/mol. The van der Waals surface area contributed by atoms with Gasteiger partial charge in [-0.2, -0.15) is 18.1 Å². The van der Waals surface area contributed by atoms with Gasteiger partial charge >= 0.3 is 6.55 Å². The van der Waals surface area contributed by atoms with E-state index in [2.05, 4.69) is 19.4 Å². The lowest BCUT2D eigenvalue weighted by Gasteiger charge is -2.40. The number of anilines is 2. The molecule has 1 aliphatic rings. The van der Waals surface area contributed by atoms with E-state index in [4.69, 9.17) is 10.5 Å². The predicted octanol–water partition coefficient (Wildman–Crippen LogP) is 1.71. The fraction of sp³-hybridized carbons (Fsp3) is 0.250. The van der Waals surface area contributed by atoms with Crippen LogP contribution < -0.4 is 21.8 Å². The molecule has 1 amide bonds. The number of nitrogen functional groups attached to an aromatic ring is 1. The summed E-state index contributed by atoms with van der Waals surface area (Å²) in [6.45, 7) is -1.56. The van der Waals surface area contributed by atoms with Crippen molar-refractivity contribution in [2.75, 3.05) is 23.8 Å². The van der Waals surface area contributed by atoms with E-state index in [1.165, 1.54) is 34.8 Å². The topological polar surface area (TPSA) is 174 Å². The fourth-order valence-corrected chi connectivity index (χ4v) is 5.49. The van der Waals surface area contributed by atoms with Crippen molar-refractivity contribution >= 4 is 50.1 Å². The molecule has 0 spiro atoms. The number of fused-ring (bicyclic) bond motifs is 3. The number of pyridine rings is 1. The highest BCUT2D eigenvalue weighted by Crippen LogP contribution is 2.35. The van der Waals surface area contributed by atoms with Gasteiger partial charge in [0.05, 0.1) is 34.4 Å². The van der Waals surface area contributed by atoms with Gasteiger partial charge in [0, 0.05) is 29.9 Å². The zero-order chi connectivity index (χ0) is 28.3. The van der Waals surface area contributed by atoms with Crippen LogP contribution in [0, 0.1) is 0 Å². The Morgan fingerprint density at radius 3 is 2.77 bits per heavy atom. The molecule has 4 N–H and O–H groups in total. The van der Waals surface area contributed by atoms with Crippen molar-refractivity contribution in [2.45, 2.75) is 25.2 Å². The highest BCUT2D eigenvalue weighted by molar-refractivity contribution is 7.14. The van der Waals surface area contributed by atoms with Gasteiger partial charge in [-0.3, -0.25) is 23.9 Å². The summed E-state index contributed by atoms with van der Waals surface area (Å²) >= 11 is 1.05. The number of benzene rings is 1. The van der Waals surface area contributed by atoms with Crippen LogP contribution in [0.15, 0.2) is 52.3 Å². The summed E-state index contributed by atoms with van der Waals surface area (Å²) in [6, 6.07) is 7.10. The Labute approximate surface area is 226 Å². The summed E-state index contributed by atoms with van der Waals surface area (Å²) < 4.78 is 38.2. The van der Waals surface area contributed by atoms with Gasteiger partial charge in [0.2, 0.25) is 0 Å². The molecule has 0 radical (unpaired) electrons. The third-order valence-electron chi connectivity index (χ3n) is 6.78. The summed E-state index contributed by atoms with van der Waals surface area (Å²) in [5.74, 6) is -0.391. The molecule has 6 rings (SSSR count). The van der Waals surface area contributed by atoms with Crippen LogP contribution >= 0.6 is 11.5 Å². The highest BCUT2D eigenvalue weighted by atomic mass is 32.1. The van der Waals surface area contributed by atoms with Gasteiger partial charge in [-0.1, -0.05) is 0 Å². The number of aromatic nitrogens is 6. The summed E-state index contributed by atoms with van der Waals surface area (Å²) in [7, 11) is 0. The van der Waals surface area contributed by atoms with Crippen LogP contribution in [0.5, 0.6) is 0 Å². The molecule has 1 aliphatic heterocycles. The van der Waals surface area contributed by atoms with Crippen molar-refractivity contribution in [2.24, 2.45) is 0 Å². The van der Waals surface area contributed by atoms with Crippen LogP contribution in [0.4, 0.5) is 20.4 Å². The molecule has 13 nitrogen and oxygen atoms in total. The predicted molar refractivity (Wildman–Crippen MR) is 141 cm³/mol. The number of nitrogens with one attached hydrogen (secondary N) is 1. The largest absolute Gasteiger partial charge is 0.382 e. The number of carbonyl (C=O) groups is 1. The molecule has 0 saturated carbocycles. The second kappa shape index (κ2) is 9.29. The number of rotatable bonds is 5. The zero-order valence-corrected chi connectivity index (χ0v) is 21.4. The van der Waals surface area contributed by atoms with Crippen LogP contribution in [0.2, 0.25) is 0 Å². The van der Waals surface area contributed by atoms with Gasteiger partial charge < -0.3 is 20.6 Å². The smallest absolute Gasteiger partial charge is 0.321 e. The Balaban J connectivity index is 1.32. The van der Waals surface area contributed by atoms with Crippen molar-refractivity contribution in [3.8, 4) is 5.69 Å². The number of hydrogen-bond donors (Lipinski definition) is 3. The van der Waals surface area contributed by atoms with E-state index in [1.807, 2.05) is 0 Å². The molecule has 16 heteroatoms. The number of hydrogen-bond acceptors (Lipinski definition) is 10. The van der Waals surface area contributed by atoms with E-state index in [-0.39, 0.29) is 46.3 Å². The molecule has 206 valence electrons. The summed E-state index contributed by atoms with van der Waals surface area (Å²) in [4.78, 5) is 46.5. The minimum atomic E-state index is -3.04. The molecule has 0 bridgehead atoms. The SMILES string of the molecule is C[C@]1(C(O)c2nc(=O)c3c(ccc4c(N)nsc43)[nH]2)OCCN(c2ccn(-c3ccc(=O)n(C(F)F)c3)n2)C1=O. The van der Waals surface area contributed by atoms with Gasteiger partial charge in [-0.15, -0.1) is 5.10 Å². The first kappa shape index (κ1) is 25.7. The fourth-order valence-electron chi connectivity index (χ4n) is 4.64. The van der Waals surface area contributed by atoms with Crippen LogP contribution in [-0.4, -0.2) is 58.5 Å². The first-order valence-corrected chi connectivity index (χ1v) is 12.6. The third kappa shape index (κ3) is 3.95. The molecule has 1 unspecified atom stereocenters. The number of halogens is 2. The second-order valence-electron chi connectivity index (χ2n) is 9.20. The van der Waals surface area contributed by atoms with Crippen molar-refractivity contribution in [3.63, 3.8) is 0 Å². The van der Waals surface area contributed by atoms with Crippen molar-refractivity contribution in [1.82, 2.24) is 28.7 Å². The molecule has 1 fully saturated rings. The molecule has 5 heterocycles. The molecular formula is C24H20F2N8O5S. The molecule has 5 aromatic rings. The minimum absolute atomic E-state index is 0.0149. The molecule has 1 aromatic carbocycles. The number of nitrogens with two attached hydrogens (primary N) is 1. The minimum Gasteiger partial charge on any atom is -0.382 e. The third-order valence-corrected chi connectivity index (χ3v) is 7.68. The monoisotopic (exact) mass is 570 g/mol. The Hall–Kier alpha value is -4.54. The van der Waals surface area contributed by atoms with Crippen LogP contribution in [-0.2, 0) is 9.53 Å². The first-order valence-electron chi connectivity index (χ1n) is 11.9. The molecule has 40 heavy (non-hydrogen) atoms. The molecule has 1 saturated heterocycles. The number of aliphatic hydroxyl groups is 1. The van der Waals surface area contributed by atoms with Crippen molar-refractivity contribution in [3.05, 3.63) is 69.3 Å². The Bertz CT molecular complexity index is 1920. The molecule has 2 atom stereocenters. The van der Waals surface area contributed by atoms with Crippen LogP contribution in [0.3, 0.4) is 0 Å². The lowest BCUT2D eigenvalue weighted by molar-refractivity contribution is -0.167. The first-order chi connectivity index (χ1) is 19.1. The Morgan fingerprint density at radius 1 is 1.20 bits per heavy atom. The summed E-state index contributed by atoms with van der Waals surface area (Å²) in [5, 5.41) is 16.4. The number of carbonyl (C=O) groups excluding carboxylic acids is 1. The number of aromatic amines is 1. The normalized spacial score (nSPS) is 18.7. The number of nitrogens with zero attached hydrogens (tertiary/aromatic N) is 6. The number of amides is 1. The van der Waals surface area contributed by atoms with Crippen molar-refractivity contribution in [1.29, 1.82) is 0 Å². The lowest BCUT2D eigenvalue weighted by Crippen LogP contribution is -2.58. The van der Waals surface area contributed by atoms with Crippen LogP contribution in [0.25, 0.3) is 26.7 Å². The number of aliphatic hydroxyl groups excluding tert-OH is 1. The Kier molecular flexibility index (Phi) is 5.97. The quantitative estimate of drug-likeness (QED) is 0.284. The summed E-state index contributed by atoms with van der Waals surface area (Å²) in [5.41, 5.74) is 3.04. The average Bonchev–Trinajstić information content (AvgIpc) is 3.57. The van der Waals surface area contributed by atoms with E-state index in [9.17, 15) is 28.3 Å². The van der Waals surface area contributed by atoms with Gasteiger partial charge in [0.1, 0.15) is 17.7 Å². The van der Waals surface area contributed by atoms with Crippen molar-refractivity contribution < 1.29 is 23.4 Å². The van der Waals surface area contributed by atoms with Crippen LogP contribution in [0.1, 0.15) is 25.4 Å². The van der Waals surface area contributed by atoms with E-state index in [0.29, 0.717) is 15.6 Å². The Morgan fingerprint density at radius 2 is 2.00 bits per heavy atom. The maximum absolute atomic E-state index is 13.6. The van der Waals surface area contributed by atoms with Gasteiger partial charge in [-0.05, 0) is 36.7 Å². The number of alkyl halides is 2. The number of morpholine rings is 1. The summed E-state index contributed by atoms with van der Waals surface area (Å²) in [6.07, 6.45) is 0.727.